The molecule has 1 heterocycles. The molecule has 2 aromatic rings. The lowest BCUT2D eigenvalue weighted by molar-refractivity contribution is -0.145. The van der Waals surface area contributed by atoms with Crippen LogP contribution in [0.1, 0.15) is 37.9 Å². The number of nitrogens with zero attached hydrogens (tertiary/aromatic N) is 1. The van der Waals surface area contributed by atoms with E-state index in [2.05, 4.69) is 15.9 Å². The number of ether oxygens (including phenoxy) is 1. The molecule has 1 fully saturated rings. The number of esters is 1. The summed E-state index contributed by atoms with van der Waals surface area (Å²) >= 11 is 3.39. The first-order chi connectivity index (χ1) is 12.2. The third kappa shape index (κ3) is 4.61. The summed E-state index contributed by atoms with van der Waals surface area (Å²) < 4.78 is 12.2. The highest BCUT2D eigenvalue weighted by Gasteiger charge is 2.20. The van der Waals surface area contributed by atoms with Gasteiger partial charge in [-0.3, -0.25) is 0 Å². The standard InChI is InChI=1S/C20H18BrNO3/c21-16-8-6-14(7-9-16)19-11-10-18(24-19)12-15(13-22)20(23)25-17-4-2-1-3-5-17/h6-12,17H,1-5H2/b15-12+. The number of hydrogen-bond acceptors (Lipinski definition) is 4. The van der Waals surface area contributed by atoms with Crippen LogP contribution in [0, 0.1) is 11.3 Å². The van der Waals surface area contributed by atoms with Crippen LogP contribution in [0.2, 0.25) is 0 Å². The summed E-state index contributed by atoms with van der Waals surface area (Å²) in [6, 6.07) is 13.2. The SMILES string of the molecule is N#C/C(=C\c1ccc(-c2ccc(Br)cc2)o1)C(=O)OC1CCCCC1. The van der Waals surface area contributed by atoms with Crippen molar-refractivity contribution >= 4 is 28.0 Å². The van der Waals surface area contributed by atoms with E-state index >= 15 is 0 Å². The number of nitriles is 1. The number of halogens is 1. The molecule has 0 aliphatic heterocycles. The van der Waals surface area contributed by atoms with Crippen molar-refractivity contribution in [3.8, 4) is 17.4 Å². The van der Waals surface area contributed by atoms with Crippen molar-refractivity contribution in [1.29, 1.82) is 5.26 Å². The van der Waals surface area contributed by atoms with Crippen LogP contribution in [-0.4, -0.2) is 12.1 Å². The van der Waals surface area contributed by atoms with Crippen molar-refractivity contribution in [3.63, 3.8) is 0 Å². The second-order valence-corrected chi connectivity index (χ2v) is 6.96. The molecule has 128 valence electrons. The molecule has 1 aromatic heterocycles. The first-order valence-electron chi connectivity index (χ1n) is 8.34. The Bertz CT molecular complexity index is 808. The maximum absolute atomic E-state index is 12.2. The van der Waals surface area contributed by atoms with Crippen molar-refractivity contribution < 1.29 is 13.9 Å². The zero-order valence-electron chi connectivity index (χ0n) is 13.7. The first kappa shape index (κ1) is 17.5. The Morgan fingerprint density at radius 3 is 2.56 bits per heavy atom. The minimum Gasteiger partial charge on any atom is -0.458 e. The van der Waals surface area contributed by atoms with Crippen molar-refractivity contribution in [2.45, 2.75) is 38.2 Å². The van der Waals surface area contributed by atoms with Gasteiger partial charge in [-0.15, -0.1) is 0 Å². The van der Waals surface area contributed by atoms with Crippen LogP contribution in [-0.2, 0) is 9.53 Å². The third-order valence-corrected chi connectivity index (χ3v) is 4.74. The van der Waals surface area contributed by atoms with Gasteiger partial charge in [0.15, 0.2) is 0 Å². The molecule has 25 heavy (non-hydrogen) atoms. The zero-order chi connectivity index (χ0) is 17.6. The fourth-order valence-corrected chi connectivity index (χ4v) is 3.14. The van der Waals surface area contributed by atoms with Crippen LogP contribution in [0.5, 0.6) is 0 Å². The van der Waals surface area contributed by atoms with Gasteiger partial charge in [-0.25, -0.2) is 4.79 Å². The topological polar surface area (TPSA) is 63.2 Å². The molecule has 1 saturated carbocycles. The molecule has 1 aromatic carbocycles. The van der Waals surface area contributed by atoms with Crippen molar-refractivity contribution in [2.75, 3.05) is 0 Å². The third-order valence-electron chi connectivity index (χ3n) is 4.21. The van der Waals surface area contributed by atoms with Gasteiger partial charge in [0.2, 0.25) is 0 Å². The average Bonchev–Trinajstić information content (AvgIpc) is 3.09. The van der Waals surface area contributed by atoms with Crippen LogP contribution in [0.25, 0.3) is 17.4 Å². The highest BCUT2D eigenvalue weighted by molar-refractivity contribution is 9.10. The van der Waals surface area contributed by atoms with Crippen molar-refractivity contribution in [1.82, 2.24) is 0 Å². The van der Waals surface area contributed by atoms with Crippen molar-refractivity contribution in [3.05, 3.63) is 52.2 Å². The summed E-state index contributed by atoms with van der Waals surface area (Å²) in [6.45, 7) is 0. The van der Waals surface area contributed by atoms with E-state index in [0.29, 0.717) is 11.5 Å². The number of furan rings is 1. The van der Waals surface area contributed by atoms with Gasteiger partial charge in [-0.05, 0) is 49.9 Å². The largest absolute Gasteiger partial charge is 0.458 e. The fourth-order valence-electron chi connectivity index (χ4n) is 2.88. The maximum Gasteiger partial charge on any atom is 0.349 e. The van der Waals surface area contributed by atoms with Crippen LogP contribution in [0.3, 0.4) is 0 Å². The minimum atomic E-state index is -0.573. The molecule has 0 atom stereocenters. The van der Waals surface area contributed by atoms with E-state index in [1.807, 2.05) is 36.4 Å². The van der Waals surface area contributed by atoms with Gasteiger partial charge < -0.3 is 9.15 Å². The molecule has 3 rings (SSSR count). The minimum absolute atomic E-state index is 0.0396. The average molecular weight is 400 g/mol. The summed E-state index contributed by atoms with van der Waals surface area (Å²) in [5.74, 6) is 0.558. The van der Waals surface area contributed by atoms with Crippen LogP contribution < -0.4 is 0 Å². The maximum atomic E-state index is 12.2. The predicted octanol–water partition coefficient (Wildman–Crippen LogP) is 5.49. The van der Waals surface area contributed by atoms with E-state index < -0.39 is 5.97 Å². The summed E-state index contributed by atoms with van der Waals surface area (Å²) in [7, 11) is 0. The van der Waals surface area contributed by atoms with E-state index in [9.17, 15) is 10.1 Å². The number of carbonyl (C=O) groups is 1. The molecular formula is C20H18BrNO3. The summed E-state index contributed by atoms with van der Waals surface area (Å²) in [5, 5.41) is 9.28. The molecule has 0 N–H and O–H groups in total. The predicted molar refractivity (Wildman–Crippen MR) is 98.4 cm³/mol. The van der Waals surface area contributed by atoms with Crippen LogP contribution >= 0.6 is 15.9 Å². The van der Waals surface area contributed by atoms with Gasteiger partial charge in [0.05, 0.1) is 0 Å². The van der Waals surface area contributed by atoms with E-state index in [0.717, 1.165) is 35.7 Å². The van der Waals surface area contributed by atoms with Crippen LogP contribution in [0.15, 0.2) is 50.9 Å². The van der Waals surface area contributed by atoms with E-state index in [1.165, 1.54) is 12.5 Å². The molecule has 0 radical (unpaired) electrons. The monoisotopic (exact) mass is 399 g/mol. The smallest absolute Gasteiger partial charge is 0.349 e. The number of hydrogen-bond donors (Lipinski definition) is 0. The Balaban J connectivity index is 1.72. The lowest BCUT2D eigenvalue weighted by atomic mass is 9.98. The van der Waals surface area contributed by atoms with Gasteiger partial charge >= 0.3 is 5.97 Å². The number of benzene rings is 1. The lowest BCUT2D eigenvalue weighted by Crippen LogP contribution is -2.21. The fraction of sp³-hybridized carbons (Fsp3) is 0.300. The Morgan fingerprint density at radius 2 is 1.88 bits per heavy atom. The molecule has 0 bridgehead atoms. The van der Waals surface area contributed by atoms with Gasteiger partial charge in [-0.2, -0.15) is 5.26 Å². The van der Waals surface area contributed by atoms with Gasteiger partial charge in [0, 0.05) is 16.1 Å². The van der Waals surface area contributed by atoms with Gasteiger partial charge in [0.1, 0.15) is 29.3 Å². The van der Waals surface area contributed by atoms with Gasteiger partial charge in [-0.1, -0.05) is 34.5 Å². The molecule has 1 aliphatic carbocycles. The first-order valence-corrected chi connectivity index (χ1v) is 9.13. The molecule has 0 unspecified atom stereocenters. The van der Waals surface area contributed by atoms with Crippen LogP contribution in [0.4, 0.5) is 0 Å². The Hall–Kier alpha value is -2.32. The molecule has 0 amide bonds. The Labute approximate surface area is 155 Å². The molecule has 0 saturated heterocycles. The summed E-state index contributed by atoms with van der Waals surface area (Å²) in [4.78, 5) is 12.2. The molecule has 5 heteroatoms. The van der Waals surface area contributed by atoms with E-state index in [4.69, 9.17) is 9.15 Å². The zero-order valence-corrected chi connectivity index (χ0v) is 15.3. The summed E-state index contributed by atoms with van der Waals surface area (Å²) in [6.07, 6.45) is 6.43. The molecular weight excluding hydrogens is 382 g/mol. The lowest BCUT2D eigenvalue weighted by Gasteiger charge is -2.21. The quantitative estimate of drug-likeness (QED) is 0.387. The molecule has 0 spiro atoms. The Kier molecular flexibility index (Phi) is 5.72. The van der Waals surface area contributed by atoms with E-state index in [1.54, 1.807) is 6.07 Å². The normalized spacial score (nSPS) is 15.6. The molecule has 4 nitrogen and oxygen atoms in total. The number of rotatable bonds is 4. The molecule has 1 aliphatic rings. The highest BCUT2D eigenvalue weighted by Crippen LogP contribution is 2.26. The van der Waals surface area contributed by atoms with E-state index in [-0.39, 0.29) is 11.7 Å². The Morgan fingerprint density at radius 1 is 1.16 bits per heavy atom. The number of carbonyl (C=O) groups excluding carboxylic acids is 1. The highest BCUT2D eigenvalue weighted by atomic mass is 79.9. The van der Waals surface area contributed by atoms with Crippen molar-refractivity contribution in [2.24, 2.45) is 0 Å². The van der Waals surface area contributed by atoms with Gasteiger partial charge in [0.25, 0.3) is 0 Å². The second kappa shape index (κ2) is 8.17. The summed E-state index contributed by atoms with van der Waals surface area (Å²) in [5.41, 5.74) is 0.883. The second-order valence-electron chi connectivity index (χ2n) is 6.04.